The normalized spacial score (nSPS) is 12.0. The first-order valence-corrected chi connectivity index (χ1v) is 3.64. The molecule has 1 aromatic carbocycles. The van der Waals surface area contributed by atoms with Gasteiger partial charge >= 0.3 is 0 Å². The number of aliphatic hydroxyl groups excluding tert-OH is 1. The summed E-state index contributed by atoms with van der Waals surface area (Å²) in [6.45, 7) is 0. The highest BCUT2D eigenvalue weighted by Crippen LogP contribution is 2.19. The van der Waals surface area contributed by atoms with Crippen molar-refractivity contribution < 1.29 is 10.2 Å². The number of rotatable bonds is 2. The van der Waals surface area contributed by atoms with Crippen molar-refractivity contribution in [3.63, 3.8) is 0 Å². The van der Waals surface area contributed by atoms with Gasteiger partial charge in [-0.3, -0.25) is 0 Å². The molecule has 0 amide bonds. The van der Waals surface area contributed by atoms with E-state index in [9.17, 15) is 5.11 Å². The van der Waals surface area contributed by atoms with Crippen LogP contribution in [-0.2, 0) is 0 Å². The van der Waals surface area contributed by atoms with E-state index < -0.39 is 6.10 Å². The Morgan fingerprint density at radius 2 is 2.25 bits per heavy atom. The van der Waals surface area contributed by atoms with Crippen molar-refractivity contribution in [1.29, 1.82) is 0 Å². The van der Waals surface area contributed by atoms with E-state index in [0.29, 0.717) is 5.56 Å². The average Bonchev–Trinajstić information content (AvgIpc) is 2.05. The van der Waals surface area contributed by atoms with Crippen LogP contribution >= 0.6 is 0 Å². The van der Waals surface area contributed by atoms with Gasteiger partial charge in [0, 0.05) is 6.42 Å². The fourth-order valence-corrected chi connectivity index (χ4v) is 0.962. The molecule has 2 N–H and O–H groups in total. The van der Waals surface area contributed by atoms with Gasteiger partial charge in [-0.05, 0) is 17.7 Å². The summed E-state index contributed by atoms with van der Waals surface area (Å²) in [6.07, 6.45) is 4.62. The standard InChI is InChI=1S/C10H10O2/c1-2-4-10(12)8-5-3-6-9(11)7-8/h1,3,5-7,10-12H,4H2. The van der Waals surface area contributed by atoms with Crippen LogP contribution in [0.3, 0.4) is 0 Å². The number of phenols is 1. The molecule has 0 radical (unpaired) electrons. The second-order valence-corrected chi connectivity index (χ2v) is 2.52. The molecule has 1 atom stereocenters. The Kier molecular flexibility index (Phi) is 2.73. The van der Waals surface area contributed by atoms with E-state index in [4.69, 9.17) is 11.5 Å². The fraction of sp³-hybridized carbons (Fsp3) is 0.200. The lowest BCUT2D eigenvalue weighted by molar-refractivity contribution is 0.183. The molecule has 0 bridgehead atoms. The van der Waals surface area contributed by atoms with E-state index in [2.05, 4.69) is 5.92 Å². The quantitative estimate of drug-likeness (QED) is 0.646. The molecular formula is C10H10O2. The second-order valence-electron chi connectivity index (χ2n) is 2.52. The number of terminal acetylenes is 1. The average molecular weight is 162 g/mol. The van der Waals surface area contributed by atoms with Crippen molar-refractivity contribution in [2.45, 2.75) is 12.5 Å². The summed E-state index contributed by atoms with van der Waals surface area (Å²) >= 11 is 0. The zero-order valence-electron chi connectivity index (χ0n) is 6.57. The van der Waals surface area contributed by atoms with Crippen molar-refractivity contribution in [2.75, 3.05) is 0 Å². The third-order valence-electron chi connectivity index (χ3n) is 1.57. The van der Waals surface area contributed by atoms with Crippen LogP contribution in [0.5, 0.6) is 5.75 Å². The molecule has 1 unspecified atom stereocenters. The summed E-state index contributed by atoms with van der Waals surface area (Å²) in [7, 11) is 0. The zero-order valence-corrected chi connectivity index (χ0v) is 6.57. The summed E-state index contributed by atoms with van der Waals surface area (Å²) < 4.78 is 0. The largest absolute Gasteiger partial charge is 0.508 e. The van der Waals surface area contributed by atoms with Gasteiger partial charge in [-0.2, -0.15) is 0 Å². The molecule has 0 aliphatic heterocycles. The minimum absolute atomic E-state index is 0.142. The molecule has 1 rings (SSSR count). The van der Waals surface area contributed by atoms with Crippen LogP contribution in [0.25, 0.3) is 0 Å². The molecule has 0 fully saturated rings. The minimum Gasteiger partial charge on any atom is -0.508 e. The Bertz CT molecular complexity index is 299. The number of hydrogen-bond acceptors (Lipinski definition) is 2. The predicted octanol–water partition coefficient (Wildman–Crippen LogP) is 1.45. The lowest BCUT2D eigenvalue weighted by Gasteiger charge is -2.06. The Balaban J connectivity index is 2.82. The third kappa shape index (κ3) is 2.01. The zero-order chi connectivity index (χ0) is 8.97. The molecule has 0 aliphatic carbocycles. The van der Waals surface area contributed by atoms with Gasteiger partial charge in [0.15, 0.2) is 0 Å². The summed E-state index contributed by atoms with van der Waals surface area (Å²) in [5.74, 6) is 2.50. The Morgan fingerprint density at radius 3 is 2.83 bits per heavy atom. The first kappa shape index (κ1) is 8.63. The number of phenolic OH excluding ortho intramolecular Hbond substituents is 1. The number of aliphatic hydroxyl groups is 1. The fourth-order valence-electron chi connectivity index (χ4n) is 0.962. The van der Waals surface area contributed by atoms with E-state index in [1.165, 1.54) is 6.07 Å². The van der Waals surface area contributed by atoms with E-state index >= 15 is 0 Å². The number of benzene rings is 1. The Labute approximate surface area is 71.5 Å². The Morgan fingerprint density at radius 1 is 1.50 bits per heavy atom. The van der Waals surface area contributed by atoms with E-state index in [-0.39, 0.29) is 12.2 Å². The van der Waals surface area contributed by atoms with E-state index in [0.717, 1.165) is 0 Å². The summed E-state index contributed by atoms with van der Waals surface area (Å²) in [4.78, 5) is 0. The van der Waals surface area contributed by atoms with Crippen molar-refractivity contribution in [3.8, 4) is 18.1 Å². The molecule has 2 heteroatoms. The molecule has 1 aromatic rings. The molecule has 0 spiro atoms. The van der Waals surface area contributed by atoms with Crippen molar-refractivity contribution >= 4 is 0 Å². The third-order valence-corrected chi connectivity index (χ3v) is 1.57. The molecular weight excluding hydrogens is 152 g/mol. The van der Waals surface area contributed by atoms with Crippen LogP contribution in [0.4, 0.5) is 0 Å². The molecule has 62 valence electrons. The van der Waals surface area contributed by atoms with Gasteiger partial charge in [-0.25, -0.2) is 0 Å². The van der Waals surface area contributed by atoms with Gasteiger partial charge in [-0.15, -0.1) is 12.3 Å². The summed E-state index contributed by atoms with van der Waals surface area (Å²) in [6, 6.07) is 6.44. The predicted molar refractivity (Wildman–Crippen MR) is 46.5 cm³/mol. The van der Waals surface area contributed by atoms with Gasteiger partial charge < -0.3 is 10.2 Å². The van der Waals surface area contributed by atoms with Crippen molar-refractivity contribution in [2.24, 2.45) is 0 Å². The van der Waals surface area contributed by atoms with Gasteiger partial charge in [0.1, 0.15) is 5.75 Å². The maximum absolute atomic E-state index is 9.39. The smallest absolute Gasteiger partial charge is 0.115 e. The SMILES string of the molecule is C#CCC(O)c1cccc(O)c1. The monoisotopic (exact) mass is 162 g/mol. The van der Waals surface area contributed by atoms with Gasteiger partial charge in [0.05, 0.1) is 6.10 Å². The summed E-state index contributed by atoms with van der Waals surface area (Å²) in [5, 5.41) is 18.5. The highest BCUT2D eigenvalue weighted by atomic mass is 16.3. The molecule has 2 nitrogen and oxygen atoms in total. The maximum atomic E-state index is 9.39. The van der Waals surface area contributed by atoms with E-state index in [1.54, 1.807) is 18.2 Å². The first-order chi connectivity index (χ1) is 5.74. The molecule has 0 aliphatic rings. The molecule has 0 heterocycles. The Hall–Kier alpha value is -1.46. The van der Waals surface area contributed by atoms with Crippen LogP contribution in [0, 0.1) is 12.3 Å². The van der Waals surface area contributed by atoms with Crippen molar-refractivity contribution in [3.05, 3.63) is 29.8 Å². The topological polar surface area (TPSA) is 40.5 Å². The van der Waals surface area contributed by atoms with Gasteiger partial charge in [0.2, 0.25) is 0 Å². The molecule has 0 saturated heterocycles. The van der Waals surface area contributed by atoms with Crippen LogP contribution in [0.1, 0.15) is 18.1 Å². The van der Waals surface area contributed by atoms with Gasteiger partial charge in [0.25, 0.3) is 0 Å². The minimum atomic E-state index is -0.679. The van der Waals surface area contributed by atoms with Gasteiger partial charge in [-0.1, -0.05) is 12.1 Å². The molecule has 0 aromatic heterocycles. The van der Waals surface area contributed by atoms with Crippen LogP contribution in [0.15, 0.2) is 24.3 Å². The molecule has 0 saturated carbocycles. The highest BCUT2D eigenvalue weighted by molar-refractivity contribution is 5.29. The molecule has 12 heavy (non-hydrogen) atoms. The van der Waals surface area contributed by atoms with Crippen LogP contribution < -0.4 is 0 Å². The summed E-state index contributed by atoms with van der Waals surface area (Å²) in [5.41, 5.74) is 0.646. The van der Waals surface area contributed by atoms with Crippen molar-refractivity contribution in [1.82, 2.24) is 0 Å². The van der Waals surface area contributed by atoms with Crippen LogP contribution in [0.2, 0.25) is 0 Å². The second kappa shape index (κ2) is 3.80. The van der Waals surface area contributed by atoms with E-state index in [1.807, 2.05) is 0 Å². The van der Waals surface area contributed by atoms with Crippen LogP contribution in [-0.4, -0.2) is 10.2 Å². The number of hydrogen-bond donors (Lipinski definition) is 2. The first-order valence-electron chi connectivity index (χ1n) is 3.64. The number of aromatic hydroxyl groups is 1. The lowest BCUT2D eigenvalue weighted by atomic mass is 10.1. The highest BCUT2D eigenvalue weighted by Gasteiger charge is 2.05. The maximum Gasteiger partial charge on any atom is 0.115 e. The lowest BCUT2D eigenvalue weighted by Crippen LogP contribution is -1.94.